The summed E-state index contributed by atoms with van der Waals surface area (Å²) in [5.74, 6) is 0.539. The third-order valence-corrected chi connectivity index (χ3v) is 7.37. The summed E-state index contributed by atoms with van der Waals surface area (Å²) in [6.07, 6.45) is 21.2. The molecule has 0 nitrogen and oxygen atoms in total. The molecule has 0 heterocycles. The largest absolute Gasteiger partial charge is 0.203 e. The third-order valence-electron chi connectivity index (χ3n) is 7.37. The molecule has 30 heavy (non-hydrogen) atoms. The van der Waals surface area contributed by atoms with Crippen LogP contribution >= 0.6 is 0 Å². The maximum absolute atomic E-state index is 14.8. The van der Waals surface area contributed by atoms with Gasteiger partial charge in [0, 0.05) is 5.56 Å². The van der Waals surface area contributed by atoms with E-state index in [0.29, 0.717) is 11.1 Å². The van der Waals surface area contributed by atoms with Gasteiger partial charge in [0.25, 0.3) is 0 Å². The Morgan fingerprint density at radius 2 is 1.63 bits per heavy atom. The second-order valence-corrected chi connectivity index (χ2v) is 9.61. The molecule has 0 amide bonds. The van der Waals surface area contributed by atoms with Crippen LogP contribution in [0.2, 0.25) is 0 Å². The van der Waals surface area contributed by atoms with Crippen molar-refractivity contribution in [1.29, 1.82) is 0 Å². The van der Waals surface area contributed by atoms with E-state index in [1.54, 1.807) is 12.1 Å². The number of halogens is 2. The fraction of sp³-hybridized carbons (Fsp3) is 0.643. The number of allylic oxidation sites excluding steroid dienone is 3. The van der Waals surface area contributed by atoms with Gasteiger partial charge >= 0.3 is 0 Å². The Balaban J connectivity index is 1.52. The molecule has 2 aliphatic carbocycles. The molecular formula is C28H40F2. The quantitative estimate of drug-likeness (QED) is 0.353. The molecule has 166 valence electrons. The highest BCUT2D eigenvalue weighted by Crippen LogP contribution is 2.39. The lowest BCUT2D eigenvalue weighted by Crippen LogP contribution is -2.15. The summed E-state index contributed by atoms with van der Waals surface area (Å²) in [5.41, 5.74) is 2.51. The summed E-state index contributed by atoms with van der Waals surface area (Å²) in [5, 5.41) is 0. The molecular weight excluding hydrogens is 374 g/mol. The maximum Gasteiger partial charge on any atom is 0.166 e. The van der Waals surface area contributed by atoms with Gasteiger partial charge in [0.2, 0.25) is 0 Å². The van der Waals surface area contributed by atoms with Gasteiger partial charge < -0.3 is 0 Å². The second kappa shape index (κ2) is 11.8. The summed E-state index contributed by atoms with van der Waals surface area (Å²) < 4.78 is 29.4. The van der Waals surface area contributed by atoms with Crippen LogP contribution in [-0.2, 0) is 0 Å². The van der Waals surface area contributed by atoms with Gasteiger partial charge in [-0.2, -0.15) is 0 Å². The SMILES string of the molecule is CCCC1CC=C(CCC=Cc2ccc(C3CCC(CCC)CC3)c(F)c2F)CC1. The molecule has 1 unspecified atom stereocenters. The van der Waals surface area contributed by atoms with Crippen molar-refractivity contribution >= 4 is 6.08 Å². The zero-order valence-electron chi connectivity index (χ0n) is 19.1. The first-order valence-corrected chi connectivity index (χ1v) is 12.4. The molecule has 1 atom stereocenters. The highest BCUT2D eigenvalue weighted by atomic mass is 19.2. The Labute approximate surface area is 182 Å². The molecule has 1 aromatic rings. The van der Waals surface area contributed by atoms with Crippen LogP contribution in [0.1, 0.15) is 114 Å². The summed E-state index contributed by atoms with van der Waals surface area (Å²) in [6.45, 7) is 4.49. The second-order valence-electron chi connectivity index (χ2n) is 9.61. The highest BCUT2D eigenvalue weighted by Gasteiger charge is 2.25. The maximum atomic E-state index is 14.8. The predicted octanol–water partition coefficient (Wildman–Crippen LogP) is 9.36. The standard InChI is InChI=1S/C28H40F2/c1-3-7-21-11-13-23(14-12-21)9-5-6-10-25-19-20-26(28(30)27(25)29)24-17-15-22(8-4-2)16-18-24/h6,10,13,19-22,24H,3-5,7-9,11-12,14-18H2,1-2H3. The molecule has 0 saturated heterocycles. The Morgan fingerprint density at radius 1 is 0.900 bits per heavy atom. The highest BCUT2D eigenvalue weighted by molar-refractivity contribution is 5.51. The molecule has 0 aliphatic heterocycles. The van der Waals surface area contributed by atoms with Crippen molar-refractivity contribution in [2.45, 2.75) is 103 Å². The van der Waals surface area contributed by atoms with E-state index >= 15 is 0 Å². The minimum absolute atomic E-state index is 0.181. The lowest BCUT2D eigenvalue weighted by Gasteiger charge is -2.29. The minimum Gasteiger partial charge on any atom is -0.203 e. The van der Waals surface area contributed by atoms with Crippen molar-refractivity contribution in [3.63, 3.8) is 0 Å². The molecule has 0 radical (unpaired) electrons. The van der Waals surface area contributed by atoms with Crippen LogP contribution in [0.4, 0.5) is 8.78 Å². The predicted molar refractivity (Wildman–Crippen MR) is 125 cm³/mol. The number of hydrogen-bond donors (Lipinski definition) is 0. The fourth-order valence-corrected chi connectivity index (χ4v) is 5.51. The van der Waals surface area contributed by atoms with Gasteiger partial charge in [0.1, 0.15) is 0 Å². The molecule has 0 spiro atoms. The Bertz CT molecular complexity index is 722. The van der Waals surface area contributed by atoms with Crippen molar-refractivity contribution < 1.29 is 8.78 Å². The lowest BCUT2D eigenvalue weighted by molar-refractivity contribution is 0.303. The first kappa shape index (κ1) is 23.2. The van der Waals surface area contributed by atoms with E-state index in [2.05, 4.69) is 19.9 Å². The van der Waals surface area contributed by atoms with E-state index in [4.69, 9.17) is 0 Å². The van der Waals surface area contributed by atoms with Crippen molar-refractivity contribution in [2.24, 2.45) is 11.8 Å². The van der Waals surface area contributed by atoms with Gasteiger partial charge in [-0.15, -0.1) is 0 Å². The van der Waals surface area contributed by atoms with Crippen molar-refractivity contribution in [2.75, 3.05) is 0 Å². The van der Waals surface area contributed by atoms with Gasteiger partial charge in [0.05, 0.1) is 0 Å². The van der Waals surface area contributed by atoms with Crippen LogP contribution in [0.25, 0.3) is 6.08 Å². The van der Waals surface area contributed by atoms with Gasteiger partial charge in [0.15, 0.2) is 11.6 Å². The Morgan fingerprint density at radius 3 is 2.30 bits per heavy atom. The molecule has 1 saturated carbocycles. The van der Waals surface area contributed by atoms with E-state index in [-0.39, 0.29) is 5.92 Å². The van der Waals surface area contributed by atoms with Crippen molar-refractivity contribution in [3.8, 4) is 0 Å². The fourth-order valence-electron chi connectivity index (χ4n) is 5.51. The number of rotatable bonds is 9. The van der Waals surface area contributed by atoms with Crippen LogP contribution in [-0.4, -0.2) is 0 Å². The Hall–Kier alpha value is -1.44. The van der Waals surface area contributed by atoms with Gasteiger partial charge in [-0.25, -0.2) is 8.78 Å². The van der Waals surface area contributed by atoms with E-state index in [9.17, 15) is 8.78 Å². The summed E-state index contributed by atoms with van der Waals surface area (Å²) in [7, 11) is 0. The summed E-state index contributed by atoms with van der Waals surface area (Å²) in [4.78, 5) is 0. The molecule has 2 heteroatoms. The zero-order valence-corrected chi connectivity index (χ0v) is 19.1. The molecule has 1 aromatic carbocycles. The summed E-state index contributed by atoms with van der Waals surface area (Å²) >= 11 is 0. The van der Waals surface area contributed by atoms with Gasteiger partial charge in [-0.05, 0) is 81.1 Å². The smallest absolute Gasteiger partial charge is 0.166 e. The molecule has 3 rings (SSSR count). The van der Waals surface area contributed by atoms with Crippen LogP contribution < -0.4 is 0 Å². The van der Waals surface area contributed by atoms with E-state index in [0.717, 1.165) is 50.4 Å². The first-order chi connectivity index (χ1) is 14.6. The molecule has 0 bridgehead atoms. The monoisotopic (exact) mass is 414 g/mol. The first-order valence-electron chi connectivity index (χ1n) is 12.4. The lowest BCUT2D eigenvalue weighted by atomic mass is 9.77. The van der Waals surface area contributed by atoms with Crippen LogP contribution in [0.5, 0.6) is 0 Å². The Kier molecular flexibility index (Phi) is 9.15. The number of hydrogen-bond acceptors (Lipinski definition) is 0. The average molecular weight is 415 g/mol. The van der Waals surface area contributed by atoms with E-state index < -0.39 is 11.6 Å². The molecule has 0 N–H and O–H groups in total. The van der Waals surface area contributed by atoms with Crippen LogP contribution in [0.3, 0.4) is 0 Å². The molecule has 1 fully saturated rings. The van der Waals surface area contributed by atoms with Crippen LogP contribution in [0, 0.1) is 23.5 Å². The van der Waals surface area contributed by atoms with Crippen molar-refractivity contribution in [1.82, 2.24) is 0 Å². The minimum atomic E-state index is -0.668. The molecule has 0 aromatic heterocycles. The van der Waals surface area contributed by atoms with E-state index in [1.807, 2.05) is 12.1 Å². The molecule has 2 aliphatic rings. The number of benzene rings is 1. The van der Waals surface area contributed by atoms with Crippen molar-refractivity contribution in [3.05, 3.63) is 52.6 Å². The van der Waals surface area contributed by atoms with Gasteiger partial charge in [-0.1, -0.05) is 75.5 Å². The topological polar surface area (TPSA) is 0 Å². The summed E-state index contributed by atoms with van der Waals surface area (Å²) in [6, 6.07) is 3.61. The average Bonchev–Trinajstić information content (AvgIpc) is 2.76. The zero-order chi connectivity index (χ0) is 21.3. The van der Waals surface area contributed by atoms with E-state index in [1.165, 1.54) is 50.5 Å². The van der Waals surface area contributed by atoms with Crippen LogP contribution in [0.15, 0.2) is 29.9 Å². The third kappa shape index (κ3) is 6.28. The normalized spacial score (nSPS) is 24.9. The van der Waals surface area contributed by atoms with Gasteiger partial charge in [-0.3, -0.25) is 0 Å².